The summed E-state index contributed by atoms with van der Waals surface area (Å²) >= 11 is 0. The molecule has 0 saturated heterocycles. The maximum atomic E-state index is 12.7. The van der Waals surface area contributed by atoms with E-state index in [1.54, 1.807) is 18.2 Å². The summed E-state index contributed by atoms with van der Waals surface area (Å²) in [4.78, 5) is 0. The van der Waals surface area contributed by atoms with E-state index in [4.69, 9.17) is 9.47 Å². The molecular weight excluding hydrogens is 333 g/mol. The van der Waals surface area contributed by atoms with Crippen molar-refractivity contribution in [2.45, 2.75) is 20.0 Å². The van der Waals surface area contributed by atoms with E-state index in [0.717, 1.165) is 17.7 Å². The minimum absolute atomic E-state index is 0.252. The molecule has 0 heterocycles. The zero-order valence-electron chi connectivity index (χ0n) is 13.9. The molecule has 134 valence electrons. The number of anilines is 1. The summed E-state index contributed by atoms with van der Waals surface area (Å²) in [6, 6.07) is 10.1. The molecule has 0 aliphatic heterocycles. The van der Waals surface area contributed by atoms with E-state index in [9.17, 15) is 13.2 Å². The highest BCUT2D eigenvalue weighted by molar-refractivity contribution is 5.81. The molecule has 0 radical (unpaired) electrons. The molecule has 0 aliphatic carbocycles. The number of ether oxygens (including phenoxy) is 2. The summed E-state index contributed by atoms with van der Waals surface area (Å²) in [7, 11) is 0. The summed E-state index contributed by atoms with van der Waals surface area (Å²) in [5.41, 5.74) is 2.84. The average molecular weight is 352 g/mol. The van der Waals surface area contributed by atoms with E-state index < -0.39 is 11.7 Å². The fraction of sp³-hybridized carbons (Fsp3) is 0.278. The fourth-order valence-electron chi connectivity index (χ4n) is 2.09. The van der Waals surface area contributed by atoms with Gasteiger partial charge in [0.05, 0.1) is 30.7 Å². The van der Waals surface area contributed by atoms with Gasteiger partial charge < -0.3 is 9.47 Å². The second kappa shape index (κ2) is 8.41. The van der Waals surface area contributed by atoms with Crippen LogP contribution in [0.5, 0.6) is 11.5 Å². The van der Waals surface area contributed by atoms with Gasteiger partial charge in [-0.15, -0.1) is 0 Å². The second-order valence-electron chi connectivity index (χ2n) is 5.02. The molecular formula is C18H19F3N2O2. The summed E-state index contributed by atoms with van der Waals surface area (Å²) in [6.45, 7) is 4.75. The fourth-order valence-corrected chi connectivity index (χ4v) is 2.09. The van der Waals surface area contributed by atoms with Crippen molar-refractivity contribution in [3.63, 3.8) is 0 Å². The van der Waals surface area contributed by atoms with Crippen LogP contribution in [-0.2, 0) is 6.18 Å². The van der Waals surface area contributed by atoms with Crippen LogP contribution in [0, 0.1) is 0 Å². The minimum atomic E-state index is -4.39. The molecule has 1 N–H and O–H groups in total. The zero-order valence-corrected chi connectivity index (χ0v) is 13.9. The maximum Gasteiger partial charge on any atom is 0.416 e. The predicted octanol–water partition coefficient (Wildman–Crippen LogP) is 4.95. The number of alkyl halides is 3. The van der Waals surface area contributed by atoms with Gasteiger partial charge in [-0.25, -0.2) is 0 Å². The monoisotopic (exact) mass is 352 g/mol. The first-order valence-electron chi connectivity index (χ1n) is 7.80. The topological polar surface area (TPSA) is 42.8 Å². The molecule has 7 heteroatoms. The number of benzene rings is 2. The van der Waals surface area contributed by atoms with Crippen LogP contribution in [0.25, 0.3) is 0 Å². The van der Waals surface area contributed by atoms with Crippen LogP contribution in [0.2, 0.25) is 0 Å². The number of hydrazone groups is 1. The van der Waals surface area contributed by atoms with Gasteiger partial charge in [-0.05, 0) is 55.8 Å². The van der Waals surface area contributed by atoms with Crippen LogP contribution in [0.3, 0.4) is 0 Å². The highest BCUT2D eigenvalue weighted by Gasteiger charge is 2.30. The van der Waals surface area contributed by atoms with E-state index in [0.29, 0.717) is 24.7 Å². The van der Waals surface area contributed by atoms with Gasteiger partial charge in [0.15, 0.2) is 11.5 Å². The molecule has 2 aromatic rings. The highest BCUT2D eigenvalue weighted by atomic mass is 19.4. The molecule has 0 spiro atoms. The second-order valence-corrected chi connectivity index (χ2v) is 5.02. The minimum Gasteiger partial charge on any atom is -0.490 e. The lowest BCUT2D eigenvalue weighted by Crippen LogP contribution is -2.05. The van der Waals surface area contributed by atoms with Crippen molar-refractivity contribution in [3.8, 4) is 11.5 Å². The van der Waals surface area contributed by atoms with Crippen molar-refractivity contribution in [1.82, 2.24) is 0 Å². The van der Waals surface area contributed by atoms with Gasteiger partial charge in [0.25, 0.3) is 0 Å². The summed E-state index contributed by atoms with van der Waals surface area (Å²) in [5.74, 6) is 1.22. The third kappa shape index (κ3) is 5.41. The quantitative estimate of drug-likeness (QED) is 0.566. The van der Waals surface area contributed by atoms with Crippen molar-refractivity contribution in [2.24, 2.45) is 5.10 Å². The first-order valence-corrected chi connectivity index (χ1v) is 7.80. The van der Waals surface area contributed by atoms with Gasteiger partial charge in [0.2, 0.25) is 0 Å². The summed E-state index contributed by atoms with van der Waals surface area (Å²) < 4.78 is 49.0. The molecule has 0 saturated carbocycles. The van der Waals surface area contributed by atoms with E-state index >= 15 is 0 Å². The zero-order chi connectivity index (χ0) is 18.3. The van der Waals surface area contributed by atoms with E-state index in [2.05, 4.69) is 10.5 Å². The van der Waals surface area contributed by atoms with E-state index in [-0.39, 0.29) is 5.69 Å². The summed E-state index contributed by atoms with van der Waals surface area (Å²) in [6.07, 6.45) is -2.89. The lowest BCUT2D eigenvalue weighted by Gasteiger charge is -2.11. The van der Waals surface area contributed by atoms with Crippen molar-refractivity contribution >= 4 is 11.9 Å². The largest absolute Gasteiger partial charge is 0.490 e. The predicted molar refractivity (Wildman–Crippen MR) is 91.4 cm³/mol. The third-order valence-electron chi connectivity index (χ3n) is 3.16. The van der Waals surface area contributed by atoms with Gasteiger partial charge in [-0.1, -0.05) is 6.07 Å². The van der Waals surface area contributed by atoms with Crippen molar-refractivity contribution in [3.05, 3.63) is 53.6 Å². The Bertz CT molecular complexity index is 731. The summed E-state index contributed by atoms with van der Waals surface area (Å²) in [5, 5.41) is 3.97. The molecule has 2 aromatic carbocycles. The van der Waals surface area contributed by atoms with Crippen molar-refractivity contribution in [1.29, 1.82) is 0 Å². The number of rotatable bonds is 7. The van der Waals surface area contributed by atoms with Crippen LogP contribution in [-0.4, -0.2) is 19.4 Å². The van der Waals surface area contributed by atoms with Crippen molar-refractivity contribution < 1.29 is 22.6 Å². The number of hydrogen-bond donors (Lipinski definition) is 1. The Balaban J connectivity index is 2.10. The van der Waals surface area contributed by atoms with Gasteiger partial charge in [0.1, 0.15) is 0 Å². The standard InChI is InChI=1S/C18H19F3N2O2/c1-3-24-16-9-8-13(10-17(16)25-4-2)12-22-23-15-7-5-6-14(11-15)18(19,20)21/h5-12,23H,3-4H2,1-2H3/b22-12-. The van der Waals surface area contributed by atoms with Crippen LogP contribution >= 0.6 is 0 Å². The van der Waals surface area contributed by atoms with Gasteiger partial charge >= 0.3 is 6.18 Å². The SMILES string of the molecule is CCOc1ccc(/C=N\Nc2cccc(C(F)(F)F)c2)cc1OCC. The maximum absolute atomic E-state index is 12.7. The normalized spacial score (nSPS) is 11.6. The van der Waals surface area contributed by atoms with Crippen LogP contribution < -0.4 is 14.9 Å². The lowest BCUT2D eigenvalue weighted by molar-refractivity contribution is -0.137. The van der Waals surface area contributed by atoms with Gasteiger partial charge in [-0.3, -0.25) is 5.43 Å². The van der Waals surface area contributed by atoms with Crippen LogP contribution in [0.4, 0.5) is 18.9 Å². The molecule has 0 aromatic heterocycles. The van der Waals surface area contributed by atoms with Crippen molar-refractivity contribution in [2.75, 3.05) is 18.6 Å². The molecule has 4 nitrogen and oxygen atoms in total. The van der Waals surface area contributed by atoms with Gasteiger partial charge in [0, 0.05) is 0 Å². The molecule has 0 atom stereocenters. The smallest absolute Gasteiger partial charge is 0.416 e. The number of halogens is 3. The Hall–Kier alpha value is -2.70. The molecule has 0 aliphatic rings. The Morgan fingerprint density at radius 1 is 1.00 bits per heavy atom. The number of nitrogens with zero attached hydrogens (tertiary/aromatic N) is 1. The molecule has 0 amide bonds. The first-order chi connectivity index (χ1) is 11.9. The molecule has 2 rings (SSSR count). The Morgan fingerprint density at radius 3 is 2.40 bits per heavy atom. The third-order valence-corrected chi connectivity index (χ3v) is 3.16. The Morgan fingerprint density at radius 2 is 1.72 bits per heavy atom. The highest BCUT2D eigenvalue weighted by Crippen LogP contribution is 2.31. The molecule has 25 heavy (non-hydrogen) atoms. The lowest BCUT2D eigenvalue weighted by atomic mass is 10.2. The molecule has 0 bridgehead atoms. The Kier molecular flexibility index (Phi) is 6.27. The van der Waals surface area contributed by atoms with E-state index in [1.807, 2.05) is 13.8 Å². The molecule has 0 fully saturated rings. The Labute approximate surface area is 144 Å². The average Bonchev–Trinajstić information content (AvgIpc) is 2.57. The van der Waals surface area contributed by atoms with Crippen LogP contribution in [0.15, 0.2) is 47.6 Å². The number of hydrogen-bond acceptors (Lipinski definition) is 4. The van der Waals surface area contributed by atoms with E-state index in [1.165, 1.54) is 18.3 Å². The number of nitrogens with one attached hydrogen (secondary N) is 1. The van der Waals surface area contributed by atoms with Gasteiger partial charge in [-0.2, -0.15) is 18.3 Å². The molecule has 0 unspecified atom stereocenters. The first kappa shape index (κ1) is 18.6. The van der Waals surface area contributed by atoms with Crippen LogP contribution in [0.1, 0.15) is 25.0 Å².